The highest BCUT2D eigenvalue weighted by molar-refractivity contribution is 5.74. The molecule has 0 bridgehead atoms. The van der Waals surface area contributed by atoms with Crippen molar-refractivity contribution in [1.29, 1.82) is 0 Å². The predicted molar refractivity (Wildman–Crippen MR) is 73.1 cm³/mol. The zero-order valence-corrected chi connectivity index (χ0v) is 11.6. The van der Waals surface area contributed by atoms with E-state index in [1.54, 1.807) is 7.05 Å². The molecule has 3 heteroatoms. The first kappa shape index (κ1) is 14.7. The highest BCUT2D eigenvalue weighted by Crippen LogP contribution is 2.21. The molecule has 18 heavy (non-hydrogen) atoms. The number of rotatable bonds is 7. The Balaban J connectivity index is 2.20. The molecule has 1 aromatic rings. The molecule has 3 nitrogen and oxygen atoms in total. The van der Waals surface area contributed by atoms with Crippen LogP contribution in [-0.4, -0.2) is 25.1 Å². The number of carbonyl (C=O) groups excluding carboxylic acids is 1. The van der Waals surface area contributed by atoms with Gasteiger partial charge in [-0.3, -0.25) is 9.63 Å². The third kappa shape index (κ3) is 4.88. The Morgan fingerprint density at radius 2 is 1.94 bits per heavy atom. The Bertz CT molecular complexity index is 351. The minimum absolute atomic E-state index is 0.0462. The van der Waals surface area contributed by atoms with Crippen molar-refractivity contribution in [3.63, 3.8) is 0 Å². The second kappa shape index (κ2) is 7.88. The third-order valence-electron chi connectivity index (χ3n) is 3.27. The van der Waals surface area contributed by atoms with Gasteiger partial charge in [0.25, 0.3) is 0 Å². The first-order chi connectivity index (χ1) is 8.65. The summed E-state index contributed by atoms with van der Waals surface area (Å²) in [6.45, 7) is 2.23. The van der Waals surface area contributed by atoms with Gasteiger partial charge in [-0.05, 0) is 24.3 Å². The lowest BCUT2D eigenvalue weighted by Gasteiger charge is -2.14. The van der Waals surface area contributed by atoms with Crippen LogP contribution in [0.1, 0.15) is 44.1 Å². The van der Waals surface area contributed by atoms with E-state index in [2.05, 4.69) is 31.2 Å². The second-order valence-electron chi connectivity index (χ2n) is 4.63. The van der Waals surface area contributed by atoms with Crippen LogP contribution in [0, 0.1) is 0 Å². The van der Waals surface area contributed by atoms with E-state index in [-0.39, 0.29) is 5.91 Å². The summed E-state index contributed by atoms with van der Waals surface area (Å²) in [5.41, 5.74) is 1.37. The molecular formula is C15H23NO2. The Kier molecular flexibility index (Phi) is 6.44. The van der Waals surface area contributed by atoms with Gasteiger partial charge < -0.3 is 0 Å². The van der Waals surface area contributed by atoms with Gasteiger partial charge in [0.05, 0.1) is 7.11 Å². The van der Waals surface area contributed by atoms with Gasteiger partial charge in [-0.2, -0.15) is 0 Å². The minimum Gasteiger partial charge on any atom is -0.275 e. The van der Waals surface area contributed by atoms with Crippen molar-refractivity contribution in [3.8, 4) is 0 Å². The molecule has 0 N–H and O–H groups in total. The van der Waals surface area contributed by atoms with Crippen molar-refractivity contribution in [1.82, 2.24) is 5.06 Å². The van der Waals surface area contributed by atoms with Crippen LogP contribution in [0.15, 0.2) is 30.3 Å². The molecule has 0 aliphatic rings. The van der Waals surface area contributed by atoms with Crippen LogP contribution < -0.4 is 0 Å². The van der Waals surface area contributed by atoms with Gasteiger partial charge >= 0.3 is 0 Å². The molecule has 0 aromatic heterocycles. The van der Waals surface area contributed by atoms with Gasteiger partial charge in [-0.25, -0.2) is 5.06 Å². The van der Waals surface area contributed by atoms with E-state index in [9.17, 15) is 4.79 Å². The lowest BCUT2D eigenvalue weighted by Crippen LogP contribution is -2.24. The number of amides is 1. The highest BCUT2D eigenvalue weighted by Gasteiger charge is 2.08. The van der Waals surface area contributed by atoms with Crippen LogP contribution in [-0.2, 0) is 9.63 Å². The Morgan fingerprint density at radius 1 is 1.28 bits per heavy atom. The molecule has 1 atom stereocenters. The molecule has 1 unspecified atom stereocenters. The first-order valence-electron chi connectivity index (χ1n) is 6.50. The van der Waals surface area contributed by atoms with Gasteiger partial charge in [0, 0.05) is 13.5 Å². The molecule has 0 heterocycles. The fraction of sp³-hybridized carbons (Fsp3) is 0.533. The summed E-state index contributed by atoms with van der Waals surface area (Å²) >= 11 is 0. The molecular weight excluding hydrogens is 226 g/mol. The summed E-state index contributed by atoms with van der Waals surface area (Å²) < 4.78 is 0. The number of benzene rings is 1. The van der Waals surface area contributed by atoms with Crippen molar-refractivity contribution in [3.05, 3.63) is 35.9 Å². The van der Waals surface area contributed by atoms with E-state index < -0.39 is 0 Å². The monoisotopic (exact) mass is 249 g/mol. The Morgan fingerprint density at radius 3 is 2.56 bits per heavy atom. The van der Waals surface area contributed by atoms with E-state index in [0.717, 1.165) is 19.3 Å². The van der Waals surface area contributed by atoms with Crippen LogP contribution in [0.4, 0.5) is 0 Å². The van der Waals surface area contributed by atoms with Gasteiger partial charge in [-0.15, -0.1) is 0 Å². The number of hydrogen-bond acceptors (Lipinski definition) is 2. The van der Waals surface area contributed by atoms with Crippen LogP contribution >= 0.6 is 0 Å². The summed E-state index contributed by atoms with van der Waals surface area (Å²) in [6.07, 6.45) is 3.67. The molecule has 0 saturated heterocycles. The normalized spacial score (nSPS) is 12.2. The van der Waals surface area contributed by atoms with Crippen LogP contribution in [0.3, 0.4) is 0 Å². The fourth-order valence-corrected chi connectivity index (χ4v) is 1.93. The van der Waals surface area contributed by atoms with Gasteiger partial charge in [-0.1, -0.05) is 43.7 Å². The van der Waals surface area contributed by atoms with Crippen molar-refractivity contribution in [2.24, 2.45) is 0 Å². The van der Waals surface area contributed by atoms with Crippen LogP contribution in [0.5, 0.6) is 0 Å². The topological polar surface area (TPSA) is 29.5 Å². The second-order valence-corrected chi connectivity index (χ2v) is 4.63. The molecule has 0 saturated carbocycles. The van der Waals surface area contributed by atoms with E-state index in [1.807, 2.05) is 6.07 Å². The number of hydrogen-bond donors (Lipinski definition) is 0. The van der Waals surface area contributed by atoms with E-state index in [4.69, 9.17) is 4.84 Å². The summed E-state index contributed by atoms with van der Waals surface area (Å²) in [5.74, 6) is 0.603. The summed E-state index contributed by atoms with van der Waals surface area (Å²) in [6, 6.07) is 10.5. The quantitative estimate of drug-likeness (QED) is 0.547. The van der Waals surface area contributed by atoms with Gasteiger partial charge in [0.2, 0.25) is 5.91 Å². The highest BCUT2D eigenvalue weighted by atomic mass is 16.7. The Hall–Kier alpha value is -1.35. The number of carbonyl (C=O) groups is 1. The SMILES string of the molecule is CON(C)C(=O)CCCCC(C)c1ccccc1. The van der Waals surface area contributed by atoms with E-state index in [0.29, 0.717) is 12.3 Å². The maximum absolute atomic E-state index is 11.5. The molecule has 0 spiro atoms. The Labute approximate surface area is 110 Å². The first-order valence-corrected chi connectivity index (χ1v) is 6.50. The van der Waals surface area contributed by atoms with Crippen LogP contribution in [0.2, 0.25) is 0 Å². The fourth-order valence-electron chi connectivity index (χ4n) is 1.93. The van der Waals surface area contributed by atoms with Gasteiger partial charge in [0.15, 0.2) is 0 Å². The van der Waals surface area contributed by atoms with Gasteiger partial charge in [0.1, 0.15) is 0 Å². The summed E-state index contributed by atoms with van der Waals surface area (Å²) in [5, 5.41) is 1.29. The van der Waals surface area contributed by atoms with Crippen molar-refractivity contribution >= 4 is 5.91 Å². The lowest BCUT2D eigenvalue weighted by atomic mass is 9.95. The summed E-state index contributed by atoms with van der Waals surface area (Å²) in [7, 11) is 3.16. The zero-order valence-electron chi connectivity index (χ0n) is 11.6. The molecule has 1 amide bonds. The molecule has 0 fully saturated rings. The molecule has 1 rings (SSSR count). The molecule has 1 aromatic carbocycles. The molecule has 0 aliphatic heterocycles. The number of hydroxylamine groups is 2. The van der Waals surface area contributed by atoms with E-state index in [1.165, 1.54) is 17.7 Å². The largest absolute Gasteiger partial charge is 0.275 e. The lowest BCUT2D eigenvalue weighted by molar-refractivity contribution is -0.168. The average Bonchev–Trinajstić information content (AvgIpc) is 2.43. The van der Waals surface area contributed by atoms with Crippen molar-refractivity contribution in [2.45, 2.75) is 38.5 Å². The number of unbranched alkanes of at least 4 members (excludes halogenated alkanes) is 1. The van der Waals surface area contributed by atoms with Crippen molar-refractivity contribution < 1.29 is 9.63 Å². The molecule has 100 valence electrons. The predicted octanol–water partition coefficient (Wildman–Crippen LogP) is 3.37. The smallest absolute Gasteiger partial charge is 0.245 e. The van der Waals surface area contributed by atoms with Crippen LogP contribution in [0.25, 0.3) is 0 Å². The minimum atomic E-state index is 0.0462. The standard InChI is InChI=1S/C15H23NO2/c1-13(14-10-5-4-6-11-14)9-7-8-12-15(17)16(2)18-3/h4-6,10-11,13H,7-9,12H2,1-3H3. The molecule has 0 aliphatic carbocycles. The average molecular weight is 249 g/mol. The zero-order chi connectivity index (χ0) is 13.4. The van der Waals surface area contributed by atoms with E-state index >= 15 is 0 Å². The third-order valence-corrected chi connectivity index (χ3v) is 3.27. The summed E-state index contributed by atoms with van der Waals surface area (Å²) in [4.78, 5) is 16.3. The molecule has 0 radical (unpaired) electrons. The van der Waals surface area contributed by atoms with Crippen molar-refractivity contribution in [2.75, 3.05) is 14.2 Å². The maximum atomic E-state index is 11.5. The number of nitrogens with zero attached hydrogens (tertiary/aromatic N) is 1. The maximum Gasteiger partial charge on any atom is 0.245 e.